The van der Waals surface area contributed by atoms with Gasteiger partial charge in [-0.3, -0.25) is 14.5 Å². The van der Waals surface area contributed by atoms with Gasteiger partial charge in [-0.05, 0) is 31.4 Å². The first-order valence-electron chi connectivity index (χ1n) is 7.95. The fourth-order valence-electron chi connectivity index (χ4n) is 3.24. The third-order valence-electron chi connectivity index (χ3n) is 4.40. The number of carbonyl (C=O) groups excluding carboxylic acids is 2. The van der Waals surface area contributed by atoms with Crippen molar-refractivity contribution in [1.29, 1.82) is 0 Å². The highest BCUT2D eigenvalue weighted by atomic mass is 32.2. The number of hydrogen-bond donors (Lipinski definition) is 1. The SMILES string of the molecule is O=C(CN(Cc1ccco1)C1CCCC1)N[C@@H]1CCSC1=O. The highest BCUT2D eigenvalue weighted by Crippen LogP contribution is 2.25. The lowest BCUT2D eigenvalue weighted by atomic mass is 10.2. The number of nitrogens with zero attached hydrogens (tertiary/aromatic N) is 1. The van der Waals surface area contributed by atoms with E-state index in [0.29, 0.717) is 19.1 Å². The monoisotopic (exact) mass is 322 g/mol. The van der Waals surface area contributed by atoms with Crippen molar-refractivity contribution in [3.63, 3.8) is 0 Å². The van der Waals surface area contributed by atoms with Crippen LogP contribution >= 0.6 is 11.8 Å². The van der Waals surface area contributed by atoms with Crippen molar-refractivity contribution in [2.24, 2.45) is 0 Å². The molecule has 22 heavy (non-hydrogen) atoms. The lowest BCUT2D eigenvalue weighted by Crippen LogP contribution is -2.45. The number of hydrogen-bond acceptors (Lipinski definition) is 5. The second kappa shape index (κ2) is 7.33. The summed E-state index contributed by atoms with van der Waals surface area (Å²) in [5.41, 5.74) is 0. The lowest BCUT2D eigenvalue weighted by Gasteiger charge is -2.27. The summed E-state index contributed by atoms with van der Waals surface area (Å²) >= 11 is 1.31. The molecule has 1 saturated carbocycles. The number of carbonyl (C=O) groups is 2. The minimum atomic E-state index is -0.299. The standard InChI is InChI=1S/C16H22N2O3S/c19-15(17-14-7-9-22-16(14)20)11-18(12-4-1-2-5-12)10-13-6-3-8-21-13/h3,6,8,12,14H,1-2,4-5,7,9-11H2,(H,17,19)/t14-/m1/s1. The Morgan fingerprint density at radius 2 is 2.18 bits per heavy atom. The summed E-state index contributed by atoms with van der Waals surface area (Å²) in [4.78, 5) is 26.1. The van der Waals surface area contributed by atoms with E-state index in [1.165, 1.54) is 24.6 Å². The molecule has 1 aliphatic heterocycles. The Hall–Kier alpha value is -1.27. The average molecular weight is 322 g/mol. The second-order valence-electron chi connectivity index (χ2n) is 6.00. The fourth-order valence-corrected chi connectivity index (χ4v) is 4.17. The van der Waals surface area contributed by atoms with E-state index in [1.807, 2.05) is 12.1 Å². The van der Waals surface area contributed by atoms with Crippen LogP contribution in [0.2, 0.25) is 0 Å². The number of thioether (sulfide) groups is 1. The zero-order valence-corrected chi connectivity index (χ0v) is 13.4. The molecule has 0 spiro atoms. The Balaban J connectivity index is 1.58. The van der Waals surface area contributed by atoms with Gasteiger partial charge in [0, 0.05) is 11.8 Å². The van der Waals surface area contributed by atoms with E-state index in [1.54, 1.807) is 6.26 Å². The van der Waals surface area contributed by atoms with Gasteiger partial charge in [0.1, 0.15) is 5.76 Å². The molecule has 2 heterocycles. The van der Waals surface area contributed by atoms with Gasteiger partial charge in [0.25, 0.3) is 0 Å². The highest BCUT2D eigenvalue weighted by Gasteiger charge is 2.29. The average Bonchev–Trinajstić information content (AvgIpc) is 3.22. The van der Waals surface area contributed by atoms with Crippen molar-refractivity contribution in [3.8, 4) is 0 Å². The van der Waals surface area contributed by atoms with Crippen molar-refractivity contribution < 1.29 is 14.0 Å². The quantitative estimate of drug-likeness (QED) is 0.870. The van der Waals surface area contributed by atoms with Crippen LogP contribution in [0.15, 0.2) is 22.8 Å². The third kappa shape index (κ3) is 3.93. The predicted octanol–water partition coefficient (Wildman–Crippen LogP) is 2.17. The molecule has 3 rings (SSSR count). The molecule has 1 atom stereocenters. The zero-order chi connectivity index (χ0) is 15.4. The molecule has 6 heteroatoms. The molecule has 120 valence electrons. The van der Waals surface area contributed by atoms with Gasteiger partial charge < -0.3 is 9.73 Å². The van der Waals surface area contributed by atoms with Gasteiger partial charge >= 0.3 is 0 Å². The molecule has 2 fully saturated rings. The molecule has 1 aromatic rings. The second-order valence-corrected chi connectivity index (χ2v) is 7.10. The molecule has 0 radical (unpaired) electrons. The molecule has 5 nitrogen and oxygen atoms in total. The third-order valence-corrected chi connectivity index (χ3v) is 5.41. The summed E-state index contributed by atoms with van der Waals surface area (Å²) in [6, 6.07) is 3.95. The Kier molecular flexibility index (Phi) is 5.20. The van der Waals surface area contributed by atoms with Crippen LogP contribution in [0.5, 0.6) is 0 Å². The van der Waals surface area contributed by atoms with Crippen molar-refractivity contribution in [1.82, 2.24) is 10.2 Å². The Morgan fingerprint density at radius 1 is 1.36 bits per heavy atom. The first-order valence-corrected chi connectivity index (χ1v) is 8.93. The molecule has 0 bridgehead atoms. The molecule has 1 amide bonds. The molecule has 1 aliphatic carbocycles. The Bertz CT molecular complexity index is 511. The fraction of sp³-hybridized carbons (Fsp3) is 0.625. The number of amides is 1. The largest absolute Gasteiger partial charge is 0.468 e. The summed E-state index contributed by atoms with van der Waals surface area (Å²) in [5.74, 6) is 1.63. The molecule has 1 saturated heterocycles. The maximum Gasteiger partial charge on any atom is 0.234 e. The molecular formula is C16H22N2O3S. The van der Waals surface area contributed by atoms with Gasteiger partial charge in [0.2, 0.25) is 11.0 Å². The van der Waals surface area contributed by atoms with Gasteiger partial charge in [-0.1, -0.05) is 24.6 Å². The number of rotatable bonds is 6. The molecule has 0 aromatic carbocycles. The number of nitrogens with one attached hydrogen (secondary N) is 1. The van der Waals surface area contributed by atoms with Crippen molar-refractivity contribution in [3.05, 3.63) is 24.2 Å². The van der Waals surface area contributed by atoms with Gasteiger partial charge in [0.15, 0.2) is 0 Å². The van der Waals surface area contributed by atoms with Gasteiger partial charge in [-0.2, -0.15) is 0 Å². The van der Waals surface area contributed by atoms with Crippen LogP contribution in [0, 0.1) is 0 Å². The van der Waals surface area contributed by atoms with Gasteiger partial charge in [0.05, 0.1) is 25.4 Å². The van der Waals surface area contributed by atoms with Crippen LogP contribution in [0.4, 0.5) is 0 Å². The van der Waals surface area contributed by atoms with Gasteiger partial charge in [-0.25, -0.2) is 0 Å². The van der Waals surface area contributed by atoms with E-state index >= 15 is 0 Å². The van der Waals surface area contributed by atoms with E-state index < -0.39 is 0 Å². The summed E-state index contributed by atoms with van der Waals surface area (Å²) in [6.07, 6.45) is 7.11. The van der Waals surface area contributed by atoms with Crippen LogP contribution in [-0.2, 0) is 16.1 Å². The smallest absolute Gasteiger partial charge is 0.234 e. The molecule has 1 aromatic heterocycles. The normalized spacial score (nSPS) is 22.6. The summed E-state index contributed by atoms with van der Waals surface area (Å²) in [7, 11) is 0. The Morgan fingerprint density at radius 3 is 2.82 bits per heavy atom. The molecule has 2 aliphatic rings. The lowest BCUT2D eigenvalue weighted by molar-refractivity contribution is -0.126. The molecule has 1 N–H and O–H groups in total. The van der Waals surface area contributed by atoms with Crippen LogP contribution < -0.4 is 5.32 Å². The maximum absolute atomic E-state index is 12.3. The molecule has 0 unspecified atom stereocenters. The predicted molar refractivity (Wildman–Crippen MR) is 85.4 cm³/mol. The first-order chi connectivity index (χ1) is 10.7. The minimum absolute atomic E-state index is 0.0562. The van der Waals surface area contributed by atoms with E-state index in [2.05, 4.69) is 10.2 Å². The van der Waals surface area contributed by atoms with Crippen LogP contribution in [0.1, 0.15) is 37.9 Å². The van der Waals surface area contributed by atoms with E-state index in [0.717, 1.165) is 30.8 Å². The number of furan rings is 1. The summed E-state index contributed by atoms with van der Waals surface area (Å²) < 4.78 is 5.42. The summed E-state index contributed by atoms with van der Waals surface area (Å²) in [6.45, 7) is 0.984. The van der Waals surface area contributed by atoms with Crippen LogP contribution in [0.25, 0.3) is 0 Å². The van der Waals surface area contributed by atoms with Crippen molar-refractivity contribution in [2.45, 2.75) is 50.7 Å². The minimum Gasteiger partial charge on any atom is -0.468 e. The van der Waals surface area contributed by atoms with Crippen molar-refractivity contribution >= 4 is 22.8 Å². The maximum atomic E-state index is 12.3. The zero-order valence-electron chi connectivity index (χ0n) is 12.6. The summed E-state index contributed by atoms with van der Waals surface area (Å²) in [5, 5.41) is 2.97. The van der Waals surface area contributed by atoms with E-state index in [-0.39, 0.29) is 17.1 Å². The highest BCUT2D eigenvalue weighted by molar-refractivity contribution is 8.14. The van der Waals surface area contributed by atoms with Crippen LogP contribution in [0.3, 0.4) is 0 Å². The topological polar surface area (TPSA) is 62.6 Å². The molecular weight excluding hydrogens is 300 g/mol. The van der Waals surface area contributed by atoms with Crippen molar-refractivity contribution in [2.75, 3.05) is 12.3 Å². The first kappa shape index (κ1) is 15.6. The van der Waals surface area contributed by atoms with E-state index in [9.17, 15) is 9.59 Å². The Labute approximate surface area is 134 Å². The van der Waals surface area contributed by atoms with E-state index in [4.69, 9.17) is 4.42 Å². The van der Waals surface area contributed by atoms with Crippen LogP contribution in [-0.4, -0.2) is 40.3 Å². The van der Waals surface area contributed by atoms with Gasteiger partial charge in [-0.15, -0.1) is 0 Å².